The van der Waals surface area contributed by atoms with Crippen molar-refractivity contribution in [3.63, 3.8) is 0 Å². The summed E-state index contributed by atoms with van der Waals surface area (Å²) in [6.45, 7) is 4.56. The van der Waals surface area contributed by atoms with Crippen molar-refractivity contribution in [2.24, 2.45) is 0 Å². The van der Waals surface area contributed by atoms with Crippen LogP contribution in [-0.4, -0.2) is 15.9 Å². The fourth-order valence-electron chi connectivity index (χ4n) is 2.71. The highest BCUT2D eigenvalue weighted by molar-refractivity contribution is 5.92. The molecule has 3 rings (SSSR count). The van der Waals surface area contributed by atoms with E-state index >= 15 is 0 Å². The Labute approximate surface area is 152 Å². The van der Waals surface area contributed by atoms with Crippen molar-refractivity contribution in [2.45, 2.75) is 33.2 Å². The number of hydrogen-bond donors (Lipinski definition) is 2. The Balaban J connectivity index is 1.69. The predicted molar refractivity (Wildman–Crippen MR) is 100 cm³/mol. The average Bonchev–Trinajstić information content (AvgIpc) is 3.20. The molecule has 2 N–H and O–H groups in total. The monoisotopic (exact) mass is 350 g/mol. The highest BCUT2D eigenvalue weighted by Gasteiger charge is 2.11. The second-order valence-electron chi connectivity index (χ2n) is 5.83. The Kier molecular flexibility index (Phi) is 5.63. The number of amides is 1. The number of anilines is 2. The van der Waals surface area contributed by atoms with Crippen molar-refractivity contribution in [3.8, 4) is 0 Å². The fraction of sp³-hybridized carbons (Fsp3) is 0.250. The van der Waals surface area contributed by atoms with E-state index in [4.69, 9.17) is 4.42 Å². The molecule has 134 valence electrons. The Bertz CT molecular complexity index is 836. The molecule has 0 saturated heterocycles. The number of furan rings is 1. The first-order valence-corrected chi connectivity index (χ1v) is 8.71. The lowest BCUT2D eigenvalue weighted by Gasteiger charge is -2.14. The van der Waals surface area contributed by atoms with Gasteiger partial charge in [0.15, 0.2) is 0 Å². The zero-order valence-electron chi connectivity index (χ0n) is 15.0. The van der Waals surface area contributed by atoms with Crippen molar-refractivity contribution in [2.75, 3.05) is 5.32 Å². The first-order chi connectivity index (χ1) is 12.7. The van der Waals surface area contributed by atoms with Gasteiger partial charge in [-0.25, -0.2) is 9.97 Å². The van der Waals surface area contributed by atoms with E-state index in [0.29, 0.717) is 18.1 Å². The van der Waals surface area contributed by atoms with Crippen LogP contribution in [0.4, 0.5) is 11.5 Å². The van der Waals surface area contributed by atoms with Gasteiger partial charge in [-0.3, -0.25) is 4.79 Å². The lowest BCUT2D eigenvalue weighted by Crippen LogP contribution is -2.23. The Morgan fingerprint density at radius 2 is 1.81 bits per heavy atom. The summed E-state index contributed by atoms with van der Waals surface area (Å²) >= 11 is 0. The van der Waals surface area contributed by atoms with Crippen LogP contribution in [0.25, 0.3) is 0 Å². The van der Waals surface area contributed by atoms with Gasteiger partial charge in [0, 0.05) is 5.69 Å². The average molecular weight is 350 g/mol. The Morgan fingerprint density at radius 3 is 2.38 bits per heavy atom. The number of nitrogens with one attached hydrogen (secondary N) is 2. The van der Waals surface area contributed by atoms with Crippen LogP contribution < -0.4 is 10.6 Å². The summed E-state index contributed by atoms with van der Waals surface area (Å²) in [5.41, 5.74) is 3.79. The van der Waals surface area contributed by atoms with Crippen LogP contribution in [0.1, 0.15) is 41.2 Å². The van der Waals surface area contributed by atoms with Gasteiger partial charge in [0.1, 0.15) is 17.3 Å². The van der Waals surface area contributed by atoms with Crippen molar-refractivity contribution >= 4 is 17.4 Å². The highest BCUT2D eigenvalue weighted by Crippen LogP contribution is 2.25. The number of carbonyl (C=O) groups is 1. The molecule has 0 aliphatic heterocycles. The molecule has 0 saturated carbocycles. The van der Waals surface area contributed by atoms with Crippen molar-refractivity contribution in [1.29, 1.82) is 0 Å². The molecule has 0 aliphatic carbocycles. The molecule has 0 unspecified atom stereocenters. The quantitative estimate of drug-likeness (QED) is 0.676. The van der Waals surface area contributed by atoms with Gasteiger partial charge < -0.3 is 15.1 Å². The first kappa shape index (κ1) is 17.7. The number of hydrogen-bond acceptors (Lipinski definition) is 5. The van der Waals surface area contributed by atoms with Crippen LogP contribution in [0, 0.1) is 0 Å². The van der Waals surface area contributed by atoms with Gasteiger partial charge >= 0.3 is 0 Å². The lowest BCUT2D eigenvalue weighted by molar-refractivity contribution is 0.0942. The minimum atomic E-state index is -0.288. The third-order valence-corrected chi connectivity index (χ3v) is 4.14. The van der Waals surface area contributed by atoms with Gasteiger partial charge in [-0.2, -0.15) is 0 Å². The predicted octanol–water partition coefficient (Wildman–Crippen LogP) is 3.87. The minimum absolute atomic E-state index is 0.265. The van der Waals surface area contributed by atoms with E-state index in [1.807, 2.05) is 0 Å². The van der Waals surface area contributed by atoms with E-state index in [-0.39, 0.29) is 11.6 Å². The second-order valence-corrected chi connectivity index (χ2v) is 5.83. The van der Waals surface area contributed by atoms with E-state index < -0.39 is 0 Å². The van der Waals surface area contributed by atoms with Crippen LogP contribution in [0.15, 0.2) is 53.4 Å². The third-order valence-electron chi connectivity index (χ3n) is 4.14. The Hall–Kier alpha value is -3.15. The third kappa shape index (κ3) is 4.08. The lowest BCUT2D eigenvalue weighted by atomic mass is 10.0. The largest absolute Gasteiger partial charge is 0.467 e. The number of nitrogens with zero attached hydrogens (tertiary/aromatic N) is 2. The SMILES string of the molecule is CCc1cccc(CC)c1Nc1cnc(C(=O)NCc2ccco2)cn1. The summed E-state index contributed by atoms with van der Waals surface area (Å²) in [5, 5.41) is 6.09. The maximum Gasteiger partial charge on any atom is 0.271 e. The van der Waals surface area contributed by atoms with Gasteiger partial charge in [0.05, 0.1) is 25.2 Å². The molecule has 0 aliphatic rings. The van der Waals surface area contributed by atoms with E-state index in [1.54, 1.807) is 24.6 Å². The summed E-state index contributed by atoms with van der Waals surface area (Å²) in [6.07, 6.45) is 6.47. The maximum atomic E-state index is 12.1. The van der Waals surface area contributed by atoms with Crippen LogP contribution >= 0.6 is 0 Å². The van der Waals surface area contributed by atoms with E-state index in [1.165, 1.54) is 17.3 Å². The number of aryl methyl sites for hydroxylation is 2. The topological polar surface area (TPSA) is 80.0 Å². The molecule has 2 aromatic heterocycles. The Morgan fingerprint density at radius 1 is 1.04 bits per heavy atom. The molecule has 0 atom stereocenters. The van der Waals surface area contributed by atoms with Gasteiger partial charge in [-0.05, 0) is 36.1 Å². The molecule has 1 amide bonds. The minimum Gasteiger partial charge on any atom is -0.467 e. The molecule has 0 fully saturated rings. The van der Waals surface area contributed by atoms with E-state index in [9.17, 15) is 4.79 Å². The number of carbonyl (C=O) groups excluding carboxylic acids is 1. The molecule has 0 bridgehead atoms. The van der Waals surface area contributed by atoms with Crippen LogP contribution in [0.2, 0.25) is 0 Å². The van der Waals surface area contributed by atoms with Crippen LogP contribution in [0.5, 0.6) is 0 Å². The summed E-state index contributed by atoms with van der Waals surface area (Å²) in [5.74, 6) is 1.01. The molecule has 3 aromatic rings. The maximum absolute atomic E-state index is 12.1. The fourth-order valence-corrected chi connectivity index (χ4v) is 2.71. The molecule has 1 aromatic carbocycles. The van der Waals surface area contributed by atoms with E-state index in [0.717, 1.165) is 18.5 Å². The van der Waals surface area contributed by atoms with E-state index in [2.05, 4.69) is 52.6 Å². The molecule has 0 spiro atoms. The molecular weight excluding hydrogens is 328 g/mol. The van der Waals surface area contributed by atoms with Gasteiger partial charge in [-0.1, -0.05) is 32.0 Å². The summed E-state index contributed by atoms with van der Waals surface area (Å²) in [4.78, 5) is 20.7. The normalized spacial score (nSPS) is 10.5. The zero-order chi connectivity index (χ0) is 18.4. The number of rotatable bonds is 7. The summed E-state index contributed by atoms with van der Waals surface area (Å²) < 4.78 is 5.19. The number of aromatic nitrogens is 2. The highest BCUT2D eigenvalue weighted by atomic mass is 16.3. The zero-order valence-corrected chi connectivity index (χ0v) is 15.0. The first-order valence-electron chi connectivity index (χ1n) is 8.71. The van der Waals surface area contributed by atoms with Gasteiger partial charge in [-0.15, -0.1) is 0 Å². The molecule has 0 radical (unpaired) electrons. The van der Waals surface area contributed by atoms with Gasteiger partial charge in [0.2, 0.25) is 0 Å². The molecule has 6 nitrogen and oxygen atoms in total. The van der Waals surface area contributed by atoms with Crippen molar-refractivity contribution in [3.05, 3.63) is 71.6 Å². The molecule has 26 heavy (non-hydrogen) atoms. The van der Waals surface area contributed by atoms with Gasteiger partial charge in [0.25, 0.3) is 5.91 Å². The molecule has 6 heteroatoms. The smallest absolute Gasteiger partial charge is 0.271 e. The van der Waals surface area contributed by atoms with Crippen molar-refractivity contribution < 1.29 is 9.21 Å². The molecular formula is C20H22N4O2. The van der Waals surface area contributed by atoms with Crippen molar-refractivity contribution in [1.82, 2.24) is 15.3 Å². The number of para-hydroxylation sites is 1. The standard InChI is InChI=1S/C20H22N4O2/c1-3-14-7-5-8-15(4-2)19(14)24-18-13-21-17(12-22-18)20(25)23-11-16-9-6-10-26-16/h5-10,12-13H,3-4,11H2,1-2H3,(H,22,24)(H,23,25). The summed E-state index contributed by atoms with van der Waals surface area (Å²) in [6, 6.07) is 9.85. The summed E-state index contributed by atoms with van der Waals surface area (Å²) in [7, 11) is 0. The second kappa shape index (κ2) is 8.29. The van der Waals surface area contributed by atoms with Crippen LogP contribution in [-0.2, 0) is 19.4 Å². The van der Waals surface area contributed by atoms with Crippen LogP contribution in [0.3, 0.4) is 0 Å². The molecule has 2 heterocycles. The number of benzene rings is 1.